The molecular weight excluding hydrogens is 651 g/mol. The average Bonchev–Trinajstić information content (AvgIpc) is 2.90. The van der Waals surface area contributed by atoms with E-state index in [-0.39, 0.29) is 42.5 Å². The Morgan fingerprint density at radius 2 is 1.53 bits per heavy atom. The molecule has 0 amide bonds. The summed E-state index contributed by atoms with van der Waals surface area (Å²) in [6, 6.07) is 23.3. The van der Waals surface area contributed by atoms with Crippen LogP contribution in [0.3, 0.4) is 0 Å². The smallest absolute Gasteiger partial charge is 0.224 e. The van der Waals surface area contributed by atoms with Crippen LogP contribution in [0.2, 0.25) is 0 Å². The number of pyridine rings is 1. The summed E-state index contributed by atoms with van der Waals surface area (Å²) < 4.78 is 5.93. The summed E-state index contributed by atoms with van der Waals surface area (Å²) in [5.74, 6) is 1.49. The topological polar surface area (TPSA) is 59.4 Å². The summed E-state index contributed by atoms with van der Waals surface area (Å²) in [6.45, 7) is 13.7. The summed E-state index contributed by atoms with van der Waals surface area (Å²) in [7, 11) is 0. The zero-order valence-corrected chi connectivity index (χ0v) is 25.8. The fraction of sp³-hybridized carbons (Fsp3) is 0.333. The first-order chi connectivity index (χ1) is 17.5. The van der Waals surface area contributed by atoms with Crippen molar-refractivity contribution in [2.75, 3.05) is 0 Å². The molecular formula is C33H38IrNO3-. The molecule has 0 fully saturated rings. The van der Waals surface area contributed by atoms with Gasteiger partial charge in [-0.15, -0.1) is 12.1 Å². The number of benzene rings is 3. The average molecular weight is 689 g/mol. The molecule has 203 valence electrons. The maximum Gasteiger partial charge on any atom is 0.224 e. The Balaban J connectivity index is 0.000000282. The van der Waals surface area contributed by atoms with E-state index in [0.29, 0.717) is 11.6 Å². The van der Waals surface area contributed by atoms with Gasteiger partial charge in [0.25, 0.3) is 0 Å². The summed E-state index contributed by atoms with van der Waals surface area (Å²) in [5.41, 5.74) is 0.460. The number of nitrogens with zero attached hydrogens (tertiary/aromatic N) is 1. The molecule has 0 bridgehead atoms. The molecule has 0 aliphatic rings. The van der Waals surface area contributed by atoms with Gasteiger partial charge in [-0.25, -0.2) is 4.98 Å². The van der Waals surface area contributed by atoms with Crippen molar-refractivity contribution >= 4 is 27.3 Å². The minimum atomic E-state index is -0.377. The normalized spacial score (nSPS) is 11.9. The molecule has 3 aromatic carbocycles. The molecule has 5 heteroatoms. The van der Waals surface area contributed by atoms with Crippen molar-refractivity contribution in [2.45, 2.75) is 61.3 Å². The molecule has 0 saturated carbocycles. The number of ketones is 1. The maximum atomic E-state index is 11.8. The van der Waals surface area contributed by atoms with Gasteiger partial charge in [-0.05, 0) is 53.6 Å². The fourth-order valence-electron chi connectivity index (χ4n) is 3.53. The second-order valence-electron chi connectivity index (χ2n) is 10.7. The van der Waals surface area contributed by atoms with Crippen molar-refractivity contribution in [3.05, 3.63) is 90.3 Å². The monoisotopic (exact) mass is 689 g/mol. The van der Waals surface area contributed by atoms with E-state index in [4.69, 9.17) is 4.74 Å². The van der Waals surface area contributed by atoms with Crippen molar-refractivity contribution in [3.63, 3.8) is 0 Å². The third kappa shape index (κ3) is 7.52. The summed E-state index contributed by atoms with van der Waals surface area (Å²) in [6.07, 6.45) is 4.85. The quantitative estimate of drug-likeness (QED) is 0.0911. The van der Waals surface area contributed by atoms with Crippen LogP contribution in [-0.4, -0.2) is 15.9 Å². The van der Waals surface area contributed by atoms with Gasteiger partial charge in [-0.2, -0.15) is 18.2 Å². The van der Waals surface area contributed by atoms with Gasteiger partial charge in [0.15, 0.2) is 5.78 Å². The van der Waals surface area contributed by atoms with Gasteiger partial charge in [-0.1, -0.05) is 65.8 Å². The first-order valence-corrected chi connectivity index (χ1v) is 12.9. The van der Waals surface area contributed by atoms with E-state index in [2.05, 4.69) is 48.3 Å². The number of allylic oxidation sites excluding steroid dienone is 2. The Bertz CT molecular complexity index is 1410. The van der Waals surface area contributed by atoms with Gasteiger partial charge in [0.2, 0.25) is 5.88 Å². The van der Waals surface area contributed by atoms with Crippen LogP contribution in [0.5, 0.6) is 11.6 Å². The Kier molecular flexibility index (Phi) is 10.8. The van der Waals surface area contributed by atoms with E-state index >= 15 is 0 Å². The molecule has 0 unspecified atom stereocenters. The number of rotatable bonds is 7. The van der Waals surface area contributed by atoms with Crippen molar-refractivity contribution in [3.8, 4) is 11.6 Å². The van der Waals surface area contributed by atoms with Crippen LogP contribution >= 0.6 is 0 Å². The van der Waals surface area contributed by atoms with E-state index in [0.717, 1.165) is 23.8 Å². The second-order valence-corrected chi connectivity index (χ2v) is 10.7. The van der Waals surface area contributed by atoms with E-state index < -0.39 is 0 Å². The van der Waals surface area contributed by atoms with Crippen LogP contribution in [0.15, 0.2) is 78.7 Å². The molecule has 0 saturated heterocycles. The number of aromatic nitrogens is 1. The van der Waals surface area contributed by atoms with Crippen LogP contribution in [0, 0.1) is 23.8 Å². The largest absolute Gasteiger partial charge is 0.512 e. The van der Waals surface area contributed by atoms with Gasteiger partial charge in [0, 0.05) is 54.3 Å². The Morgan fingerprint density at radius 1 is 0.947 bits per heavy atom. The van der Waals surface area contributed by atoms with Crippen molar-refractivity contribution in [1.29, 1.82) is 0 Å². The molecule has 4 rings (SSSR count). The number of carbonyl (C=O) groups is 1. The number of hydrogen-bond donors (Lipinski definition) is 1. The molecule has 1 aromatic heterocycles. The molecule has 0 aliphatic heterocycles. The Morgan fingerprint density at radius 3 is 2.08 bits per heavy atom. The van der Waals surface area contributed by atoms with E-state index in [9.17, 15) is 9.90 Å². The molecule has 4 aromatic rings. The van der Waals surface area contributed by atoms with E-state index in [1.54, 1.807) is 0 Å². The summed E-state index contributed by atoms with van der Waals surface area (Å²) in [4.78, 5) is 16.3. The number of para-hydroxylation sites is 1. The summed E-state index contributed by atoms with van der Waals surface area (Å²) >= 11 is 0. The molecule has 1 N–H and O–H groups in total. The minimum absolute atomic E-state index is 0. The van der Waals surface area contributed by atoms with Crippen LogP contribution in [0.25, 0.3) is 21.5 Å². The zero-order chi connectivity index (χ0) is 27.2. The third-order valence-corrected chi connectivity index (χ3v) is 7.20. The van der Waals surface area contributed by atoms with Crippen molar-refractivity contribution in [1.82, 2.24) is 4.98 Å². The Labute approximate surface area is 240 Å². The molecule has 0 aliphatic carbocycles. The van der Waals surface area contributed by atoms with Gasteiger partial charge in [0.05, 0.1) is 0 Å². The zero-order valence-electron chi connectivity index (χ0n) is 23.4. The maximum absolute atomic E-state index is 11.8. The SMILES string of the molecule is CCC(C)(C)C(=O)/C=C(\O)C(C)(C)CC.Cc1cnc(Oc2[c-]cccc2)c2cc3ccccc3cc12.[Ir]. The third-order valence-electron chi connectivity index (χ3n) is 7.20. The standard InChI is InChI=1S/C20H14NO.C13H24O2.Ir/c1-14-13-21-20(22-17-9-3-2-4-10-17)19-12-16-8-6-5-7-15(16)11-18(14)19;1-7-12(3,4)10(14)9-11(15)13(5,6)8-2;/h2-9,11-13H,1H3;9,14H,7-8H2,1-6H3;/q-1;;/b;10-9-;. The van der Waals surface area contributed by atoms with Crippen LogP contribution in [0.4, 0.5) is 0 Å². The van der Waals surface area contributed by atoms with Crippen LogP contribution in [0.1, 0.15) is 59.9 Å². The fourth-order valence-corrected chi connectivity index (χ4v) is 3.53. The molecule has 0 spiro atoms. The predicted molar refractivity (Wildman–Crippen MR) is 153 cm³/mol. The number of hydrogen-bond acceptors (Lipinski definition) is 4. The van der Waals surface area contributed by atoms with Crippen molar-refractivity contribution in [2.24, 2.45) is 10.8 Å². The first-order valence-electron chi connectivity index (χ1n) is 12.9. The van der Waals surface area contributed by atoms with Crippen molar-refractivity contribution < 1.29 is 34.7 Å². The minimum Gasteiger partial charge on any atom is -0.512 e. The van der Waals surface area contributed by atoms with E-state index in [1.807, 2.05) is 78.1 Å². The Hall–Kier alpha value is -3.01. The van der Waals surface area contributed by atoms with E-state index in [1.165, 1.54) is 22.2 Å². The summed E-state index contributed by atoms with van der Waals surface area (Å²) in [5, 5.41) is 14.4. The van der Waals surface area contributed by atoms with Gasteiger partial charge in [0.1, 0.15) is 5.76 Å². The molecule has 1 radical (unpaired) electrons. The first kappa shape index (κ1) is 31.2. The number of aliphatic hydroxyl groups excluding tert-OH is 1. The number of fused-ring (bicyclic) bond motifs is 2. The van der Waals surface area contributed by atoms with Gasteiger partial charge in [-0.3, -0.25) is 4.79 Å². The predicted octanol–water partition coefficient (Wildman–Crippen LogP) is 9.16. The van der Waals surface area contributed by atoms with Crippen LogP contribution < -0.4 is 4.74 Å². The molecule has 4 nitrogen and oxygen atoms in total. The number of ether oxygens (including phenoxy) is 1. The number of carbonyl (C=O) groups excluding carboxylic acids is 1. The number of aliphatic hydroxyl groups is 1. The van der Waals surface area contributed by atoms with Crippen LogP contribution in [-0.2, 0) is 24.9 Å². The molecule has 38 heavy (non-hydrogen) atoms. The molecule has 1 heterocycles. The van der Waals surface area contributed by atoms with Gasteiger partial charge < -0.3 is 9.84 Å². The number of aryl methyl sites for hydroxylation is 1. The van der Waals surface area contributed by atoms with Gasteiger partial charge >= 0.3 is 0 Å². The second kappa shape index (κ2) is 13.2. The molecule has 0 atom stereocenters.